The van der Waals surface area contributed by atoms with E-state index >= 15 is 0 Å². The maximum absolute atomic E-state index is 12.5. The summed E-state index contributed by atoms with van der Waals surface area (Å²) in [5, 5.41) is 13.6. The second-order valence-corrected chi connectivity index (χ2v) is 7.96. The fourth-order valence-electron chi connectivity index (χ4n) is 2.85. The molecule has 8 nitrogen and oxygen atoms in total. The summed E-state index contributed by atoms with van der Waals surface area (Å²) in [6, 6.07) is 15.0. The molecule has 1 heterocycles. The number of hydrogen-bond acceptors (Lipinski definition) is 6. The van der Waals surface area contributed by atoms with Crippen LogP contribution in [0.4, 0.5) is 11.4 Å². The van der Waals surface area contributed by atoms with Gasteiger partial charge in [-0.15, -0.1) is 0 Å². The molecule has 0 saturated heterocycles. The molecule has 2 aromatic carbocycles. The van der Waals surface area contributed by atoms with E-state index in [1.807, 2.05) is 24.3 Å². The Hall–Kier alpha value is -3.81. The molecule has 0 atom stereocenters. The molecule has 0 fully saturated rings. The Labute approximate surface area is 179 Å². The molecule has 3 aromatic rings. The van der Waals surface area contributed by atoms with E-state index in [0.717, 1.165) is 0 Å². The highest BCUT2D eigenvalue weighted by Crippen LogP contribution is 2.27. The largest absolute Gasteiger partial charge is 0.496 e. The quantitative estimate of drug-likeness (QED) is 0.406. The average Bonchev–Trinajstić information content (AvgIpc) is 3.21. The van der Waals surface area contributed by atoms with Gasteiger partial charge >= 0.3 is 0 Å². The smallest absolute Gasteiger partial charge is 0.291 e. The van der Waals surface area contributed by atoms with E-state index in [-0.39, 0.29) is 34.9 Å². The third kappa shape index (κ3) is 5.63. The number of nitro groups is 1. The number of ether oxygens (including phenoxy) is 2. The minimum absolute atomic E-state index is 0.0605. The molecule has 3 rings (SSSR count). The molecule has 0 aliphatic rings. The van der Waals surface area contributed by atoms with Crippen molar-refractivity contribution >= 4 is 17.3 Å². The van der Waals surface area contributed by atoms with Crippen LogP contribution >= 0.6 is 0 Å². The minimum Gasteiger partial charge on any atom is -0.496 e. The Bertz CT molecular complexity index is 1080. The SMILES string of the molecule is COc1cc(NC(=O)c2ccc(COc3ccc(C(C)(C)C)cc3)o2)cc([N+](=O)[O-])c1. The summed E-state index contributed by atoms with van der Waals surface area (Å²) in [5.41, 5.74) is 1.30. The van der Waals surface area contributed by atoms with Crippen LogP contribution in [0.25, 0.3) is 0 Å². The fourth-order valence-corrected chi connectivity index (χ4v) is 2.85. The van der Waals surface area contributed by atoms with E-state index in [9.17, 15) is 14.9 Å². The van der Waals surface area contributed by atoms with Crippen molar-refractivity contribution < 1.29 is 23.6 Å². The zero-order valence-corrected chi connectivity index (χ0v) is 17.8. The van der Waals surface area contributed by atoms with Crippen molar-refractivity contribution in [3.63, 3.8) is 0 Å². The zero-order valence-electron chi connectivity index (χ0n) is 17.8. The summed E-state index contributed by atoms with van der Waals surface area (Å²) >= 11 is 0. The molecular formula is C23H24N2O6. The maximum atomic E-state index is 12.5. The second kappa shape index (κ2) is 8.91. The van der Waals surface area contributed by atoms with Crippen molar-refractivity contribution in [3.05, 3.63) is 81.8 Å². The van der Waals surface area contributed by atoms with Crippen molar-refractivity contribution in [2.75, 3.05) is 12.4 Å². The molecule has 0 aliphatic heterocycles. The first kappa shape index (κ1) is 21.9. The summed E-state index contributed by atoms with van der Waals surface area (Å²) in [4.78, 5) is 22.9. The average molecular weight is 424 g/mol. The molecule has 0 saturated carbocycles. The summed E-state index contributed by atoms with van der Waals surface area (Å²) in [5.74, 6) is 0.951. The highest BCUT2D eigenvalue weighted by molar-refractivity contribution is 6.02. The number of methoxy groups -OCH3 is 1. The van der Waals surface area contributed by atoms with Crippen molar-refractivity contribution in [2.24, 2.45) is 0 Å². The van der Waals surface area contributed by atoms with Gasteiger partial charge in [-0.1, -0.05) is 32.9 Å². The number of nitrogens with one attached hydrogen (secondary N) is 1. The van der Waals surface area contributed by atoms with Gasteiger partial charge < -0.3 is 19.2 Å². The minimum atomic E-state index is -0.561. The standard InChI is InChI=1S/C23H24N2O6/c1-23(2,3)15-5-7-18(8-6-15)30-14-19-9-10-21(31-19)22(26)24-16-11-17(25(27)28)13-20(12-16)29-4/h5-13H,14H2,1-4H3,(H,24,26). The Morgan fingerprint density at radius 3 is 2.39 bits per heavy atom. The molecule has 1 aromatic heterocycles. The van der Waals surface area contributed by atoms with Crippen molar-refractivity contribution in [2.45, 2.75) is 32.8 Å². The number of furan rings is 1. The predicted molar refractivity (Wildman–Crippen MR) is 116 cm³/mol. The highest BCUT2D eigenvalue weighted by atomic mass is 16.6. The van der Waals surface area contributed by atoms with Gasteiger partial charge in [0.25, 0.3) is 11.6 Å². The zero-order chi connectivity index (χ0) is 22.6. The summed E-state index contributed by atoms with van der Waals surface area (Å²) in [7, 11) is 1.39. The number of nitrogens with zero attached hydrogens (tertiary/aromatic N) is 1. The van der Waals surface area contributed by atoms with Crippen LogP contribution in [0.1, 0.15) is 42.6 Å². The van der Waals surface area contributed by atoms with Crippen LogP contribution in [-0.2, 0) is 12.0 Å². The number of benzene rings is 2. The van der Waals surface area contributed by atoms with E-state index in [4.69, 9.17) is 13.9 Å². The molecule has 1 amide bonds. The lowest BCUT2D eigenvalue weighted by atomic mass is 9.87. The summed E-state index contributed by atoms with van der Waals surface area (Å²) in [6.45, 7) is 6.58. The van der Waals surface area contributed by atoms with Crippen LogP contribution in [0, 0.1) is 10.1 Å². The van der Waals surface area contributed by atoms with Gasteiger partial charge in [0.05, 0.1) is 23.8 Å². The number of amides is 1. The van der Waals surface area contributed by atoms with Crippen LogP contribution in [0.5, 0.6) is 11.5 Å². The molecular weight excluding hydrogens is 400 g/mol. The van der Waals surface area contributed by atoms with Gasteiger partial charge in [-0.25, -0.2) is 0 Å². The number of anilines is 1. The van der Waals surface area contributed by atoms with Crippen LogP contribution in [0.15, 0.2) is 59.0 Å². The number of nitro benzene ring substituents is 1. The first-order valence-electron chi connectivity index (χ1n) is 9.62. The Morgan fingerprint density at radius 2 is 1.77 bits per heavy atom. The third-order valence-electron chi connectivity index (χ3n) is 4.58. The van der Waals surface area contributed by atoms with E-state index in [0.29, 0.717) is 11.5 Å². The van der Waals surface area contributed by atoms with E-state index in [1.54, 1.807) is 6.07 Å². The van der Waals surface area contributed by atoms with Crippen molar-refractivity contribution in [1.82, 2.24) is 0 Å². The van der Waals surface area contributed by atoms with Crippen LogP contribution in [-0.4, -0.2) is 17.9 Å². The number of carbonyl (C=O) groups is 1. The summed E-state index contributed by atoms with van der Waals surface area (Å²) in [6.07, 6.45) is 0. The van der Waals surface area contributed by atoms with Gasteiger partial charge in [0.2, 0.25) is 0 Å². The molecule has 31 heavy (non-hydrogen) atoms. The highest BCUT2D eigenvalue weighted by Gasteiger charge is 2.16. The molecule has 1 N–H and O–H groups in total. The van der Waals surface area contributed by atoms with Gasteiger partial charge in [-0.2, -0.15) is 0 Å². The van der Waals surface area contributed by atoms with Gasteiger partial charge in [0.1, 0.15) is 23.9 Å². The van der Waals surface area contributed by atoms with Gasteiger partial charge in [-0.05, 0) is 35.2 Å². The van der Waals surface area contributed by atoms with Crippen molar-refractivity contribution in [1.29, 1.82) is 0 Å². The maximum Gasteiger partial charge on any atom is 0.291 e. The molecule has 0 spiro atoms. The molecule has 0 bridgehead atoms. The van der Waals surface area contributed by atoms with Gasteiger partial charge in [0.15, 0.2) is 5.76 Å². The van der Waals surface area contributed by atoms with Gasteiger partial charge in [0, 0.05) is 12.1 Å². The normalized spacial score (nSPS) is 11.1. The molecule has 0 unspecified atom stereocenters. The van der Waals surface area contributed by atoms with Crippen LogP contribution in [0.2, 0.25) is 0 Å². The van der Waals surface area contributed by atoms with Crippen LogP contribution in [0.3, 0.4) is 0 Å². The van der Waals surface area contributed by atoms with Crippen molar-refractivity contribution in [3.8, 4) is 11.5 Å². The van der Waals surface area contributed by atoms with E-state index in [1.165, 1.54) is 36.9 Å². The lowest BCUT2D eigenvalue weighted by Gasteiger charge is -2.19. The van der Waals surface area contributed by atoms with Gasteiger partial charge in [-0.3, -0.25) is 14.9 Å². The first-order valence-corrected chi connectivity index (χ1v) is 9.62. The topological polar surface area (TPSA) is 104 Å². The fraction of sp³-hybridized carbons (Fsp3) is 0.261. The Morgan fingerprint density at radius 1 is 1.06 bits per heavy atom. The predicted octanol–water partition coefficient (Wildman–Crippen LogP) is 5.33. The number of non-ortho nitro benzene ring substituents is 1. The monoisotopic (exact) mass is 424 g/mol. The third-order valence-corrected chi connectivity index (χ3v) is 4.58. The van der Waals surface area contributed by atoms with E-state index in [2.05, 4.69) is 26.1 Å². The molecule has 0 aliphatic carbocycles. The molecule has 8 heteroatoms. The number of hydrogen-bond donors (Lipinski definition) is 1. The Kier molecular flexibility index (Phi) is 6.29. The first-order chi connectivity index (χ1) is 14.7. The second-order valence-electron chi connectivity index (χ2n) is 7.96. The summed E-state index contributed by atoms with van der Waals surface area (Å²) < 4.78 is 16.3. The molecule has 0 radical (unpaired) electrons. The Balaban J connectivity index is 1.63. The lowest BCUT2D eigenvalue weighted by molar-refractivity contribution is -0.384. The van der Waals surface area contributed by atoms with Crippen LogP contribution < -0.4 is 14.8 Å². The lowest BCUT2D eigenvalue weighted by Crippen LogP contribution is -2.11. The number of carbonyl (C=O) groups excluding carboxylic acids is 1. The van der Waals surface area contributed by atoms with E-state index < -0.39 is 10.8 Å². The molecule has 162 valence electrons. The number of rotatable bonds is 7.